The molecule has 134 valence electrons. The lowest BCUT2D eigenvalue weighted by Gasteiger charge is -2.16. The van der Waals surface area contributed by atoms with Gasteiger partial charge in [-0.15, -0.1) is 0 Å². The van der Waals surface area contributed by atoms with Crippen molar-refractivity contribution in [2.24, 2.45) is 4.99 Å². The average molecular weight is 413 g/mol. The van der Waals surface area contributed by atoms with Gasteiger partial charge in [0.2, 0.25) is 6.19 Å². The molecule has 0 spiro atoms. The summed E-state index contributed by atoms with van der Waals surface area (Å²) in [6, 6.07) is 14.3. The summed E-state index contributed by atoms with van der Waals surface area (Å²) in [4.78, 5) is 4.10. The molecule has 3 rings (SSSR count). The van der Waals surface area contributed by atoms with Gasteiger partial charge in [0.05, 0.1) is 12.3 Å². The van der Waals surface area contributed by atoms with Crippen LogP contribution in [0.25, 0.3) is 11.1 Å². The second-order valence-corrected chi connectivity index (χ2v) is 7.07. The van der Waals surface area contributed by atoms with Crippen molar-refractivity contribution in [3.63, 3.8) is 0 Å². The van der Waals surface area contributed by atoms with Crippen molar-refractivity contribution < 1.29 is 9.47 Å². The van der Waals surface area contributed by atoms with E-state index in [0.717, 1.165) is 64.9 Å². The van der Waals surface area contributed by atoms with E-state index in [1.807, 2.05) is 30.5 Å². The smallest absolute Gasteiger partial charge is 0.205 e. The molecule has 2 aromatic carbocycles. The Morgan fingerprint density at radius 2 is 1.81 bits per heavy atom. The van der Waals surface area contributed by atoms with E-state index in [-0.39, 0.29) is 0 Å². The van der Waals surface area contributed by atoms with E-state index in [0.29, 0.717) is 13.2 Å². The van der Waals surface area contributed by atoms with Crippen LogP contribution in [0.2, 0.25) is 0 Å². The van der Waals surface area contributed by atoms with Gasteiger partial charge >= 0.3 is 0 Å². The maximum Gasteiger partial charge on any atom is 0.205 e. The minimum absolute atomic E-state index is 0.586. The third-order valence-corrected chi connectivity index (χ3v) is 4.77. The van der Waals surface area contributed by atoms with Crippen LogP contribution in [0.5, 0.6) is 5.75 Å². The molecule has 26 heavy (non-hydrogen) atoms. The van der Waals surface area contributed by atoms with E-state index in [9.17, 15) is 0 Å². The maximum absolute atomic E-state index is 9.15. The van der Waals surface area contributed by atoms with Gasteiger partial charge < -0.3 is 9.47 Å². The van der Waals surface area contributed by atoms with Gasteiger partial charge in [-0.2, -0.15) is 10.3 Å². The highest BCUT2D eigenvalue weighted by Gasteiger charge is 2.14. The Kier molecular flexibility index (Phi) is 6.82. The Morgan fingerprint density at radius 1 is 0.962 bits per heavy atom. The van der Waals surface area contributed by atoms with Gasteiger partial charge in [0.1, 0.15) is 5.75 Å². The van der Waals surface area contributed by atoms with Crippen molar-refractivity contribution in [3.8, 4) is 23.1 Å². The first-order valence-electron chi connectivity index (χ1n) is 8.84. The fourth-order valence-corrected chi connectivity index (χ4v) is 3.38. The summed E-state index contributed by atoms with van der Waals surface area (Å²) in [5.41, 5.74) is 3.87. The van der Waals surface area contributed by atoms with Crippen LogP contribution < -0.4 is 4.74 Å². The molecule has 1 aliphatic rings. The van der Waals surface area contributed by atoms with Crippen molar-refractivity contribution in [1.82, 2.24) is 0 Å². The molecular formula is C21H21BrN2O2. The van der Waals surface area contributed by atoms with Crippen LogP contribution in [0.3, 0.4) is 0 Å². The molecule has 0 saturated carbocycles. The van der Waals surface area contributed by atoms with Crippen molar-refractivity contribution in [2.45, 2.75) is 25.7 Å². The summed E-state index contributed by atoms with van der Waals surface area (Å²) in [5.74, 6) is 0.776. The Hall–Kier alpha value is -2.16. The Labute approximate surface area is 162 Å². The van der Waals surface area contributed by atoms with Gasteiger partial charge in [-0.3, -0.25) is 0 Å². The first-order valence-corrected chi connectivity index (χ1v) is 9.64. The summed E-state index contributed by atoms with van der Waals surface area (Å²) in [7, 11) is 0. The topological polar surface area (TPSA) is 54.6 Å². The van der Waals surface area contributed by atoms with Gasteiger partial charge in [0.15, 0.2) is 0 Å². The minimum Gasteiger partial charge on any atom is -0.493 e. The highest BCUT2D eigenvalue weighted by atomic mass is 79.9. The zero-order valence-corrected chi connectivity index (χ0v) is 16.2. The van der Waals surface area contributed by atoms with E-state index in [2.05, 4.69) is 39.1 Å². The molecular weight excluding hydrogens is 392 g/mol. The molecule has 0 unspecified atom stereocenters. The Morgan fingerprint density at radius 3 is 2.65 bits per heavy atom. The molecule has 0 radical (unpaired) electrons. The number of halogens is 1. The van der Waals surface area contributed by atoms with Crippen LogP contribution in [0.15, 0.2) is 51.9 Å². The molecule has 0 aromatic heterocycles. The molecule has 4 nitrogen and oxygen atoms in total. The fraction of sp³-hybridized carbons (Fsp3) is 0.333. The van der Waals surface area contributed by atoms with Crippen LogP contribution in [-0.2, 0) is 4.74 Å². The number of nitrogens with zero attached hydrogens (tertiary/aromatic N) is 2. The number of hydrogen-bond acceptors (Lipinski definition) is 4. The van der Waals surface area contributed by atoms with E-state index in [1.165, 1.54) is 0 Å². The summed E-state index contributed by atoms with van der Waals surface area (Å²) >= 11 is 3.53. The molecule has 1 heterocycles. The van der Waals surface area contributed by atoms with Crippen molar-refractivity contribution in [1.29, 1.82) is 5.26 Å². The van der Waals surface area contributed by atoms with E-state index < -0.39 is 0 Å². The van der Waals surface area contributed by atoms with Crippen LogP contribution in [0.4, 0.5) is 0 Å². The van der Waals surface area contributed by atoms with Gasteiger partial charge in [-0.1, -0.05) is 34.1 Å². The number of fused-ring (bicyclic) bond motifs is 1. The van der Waals surface area contributed by atoms with Crippen LogP contribution in [-0.4, -0.2) is 25.5 Å². The number of rotatable bonds is 1. The lowest BCUT2D eigenvalue weighted by Crippen LogP contribution is -2.10. The zero-order valence-electron chi connectivity index (χ0n) is 14.6. The SMILES string of the molecule is N#CN=C1CCCCOCCCOc2ccc(-c3cccc(Br)c3)cc21. The van der Waals surface area contributed by atoms with Crippen LogP contribution in [0.1, 0.15) is 31.2 Å². The predicted octanol–water partition coefficient (Wildman–Crippen LogP) is 5.36. The van der Waals surface area contributed by atoms with Gasteiger partial charge in [-0.05, 0) is 54.7 Å². The number of benzene rings is 2. The predicted molar refractivity (Wildman–Crippen MR) is 107 cm³/mol. The molecule has 2 aromatic rings. The van der Waals surface area contributed by atoms with Gasteiger partial charge in [-0.25, -0.2) is 0 Å². The highest BCUT2D eigenvalue weighted by molar-refractivity contribution is 9.10. The number of hydrogen-bond donors (Lipinski definition) is 0. The Bertz CT molecular complexity index is 827. The molecule has 0 bridgehead atoms. The van der Waals surface area contributed by atoms with Gasteiger partial charge in [0.25, 0.3) is 0 Å². The van der Waals surface area contributed by atoms with Gasteiger partial charge in [0, 0.05) is 29.7 Å². The average Bonchev–Trinajstić information content (AvgIpc) is 2.64. The van der Waals surface area contributed by atoms with Crippen molar-refractivity contribution in [2.75, 3.05) is 19.8 Å². The van der Waals surface area contributed by atoms with Crippen LogP contribution >= 0.6 is 15.9 Å². The number of ether oxygens (including phenoxy) is 2. The summed E-state index contributed by atoms with van der Waals surface area (Å²) in [5, 5.41) is 9.15. The minimum atomic E-state index is 0.586. The quantitative estimate of drug-likeness (QED) is 0.592. The maximum atomic E-state index is 9.15. The summed E-state index contributed by atoms with van der Waals surface area (Å²) in [6.45, 7) is 2.04. The van der Waals surface area contributed by atoms with Crippen LogP contribution in [0, 0.1) is 11.5 Å². The molecule has 0 aliphatic carbocycles. The largest absolute Gasteiger partial charge is 0.493 e. The summed E-state index contributed by atoms with van der Waals surface area (Å²) in [6.07, 6.45) is 5.42. The number of aliphatic imine (C=N–C) groups is 1. The first kappa shape index (κ1) is 18.6. The first-order chi connectivity index (χ1) is 12.8. The third-order valence-electron chi connectivity index (χ3n) is 4.28. The normalized spacial score (nSPS) is 17.3. The molecule has 0 fully saturated rings. The highest BCUT2D eigenvalue weighted by Crippen LogP contribution is 2.30. The molecule has 0 atom stereocenters. The van der Waals surface area contributed by atoms with Crippen molar-refractivity contribution >= 4 is 21.6 Å². The molecule has 0 N–H and O–H groups in total. The zero-order chi connectivity index (χ0) is 18.2. The monoisotopic (exact) mass is 412 g/mol. The number of nitriles is 1. The van der Waals surface area contributed by atoms with E-state index >= 15 is 0 Å². The lowest BCUT2D eigenvalue weighted by atomic mass is 9.97. The summed E-state index contributed by atoms with van der Waals surface area (Å²) < 4.78 is 12.6. The fourth-order valence-electron chi connectivity index (χ4n) is 2.98. The standard InChI is InChI=1S/C21H21BrN2O2/c22-18-6-3-5-16(13-18)17-8-9-21-19(14-17)20(24-15-23)7-1-2-10-25-11-4-12-26-21/h3,5-6,8-9,13-14H,1-2,4,7,10-12H2. The molecule has 5 heteroatoms. The Balaban J connectivity index is 2.01. The molecule has 0 amide bonds. The molecule has 0 saturated heterocycles. The van der Waals surface area contributed by atoms with E-state index in [4.69, 9.17) is 14.7 Å². The third kappa shape index (κ3) is 4.94. The lowest BCUT2D eigenvalue weighted by molar-refractivity contribution is 0.116. The van der Waals surface area contributed by atoms with Crippen molar-refractivity contribution in [3.05, 3.63) is 52.5 Å². The second kappa shape index (κ2) is 9.51. The molecule has 1 aliphatic heterocycles. The van der Waals surface area contributed by atoms with E-state index in [1.54, 1.807) is 0 Å². The second-order valence-electron chi connectivity index (χ2n) is 6.15.